The Morgan fingerprint density at radius 3 is 2.96 bits per heavy atom. The van der Waals surface area contributed by atoms with E-state index in [1.165, 1.54) is 11.8 Å². The zero-order chi connectivity index (χ0) is 16.7. The Hall–Kier alpha value is -1.92. The van der Waals surface area contributed by atoms with E-state index in [1.54, 1.807) is 10.7 Å². The van der Waals surface area contributed by atoms with Gasteiger partial charge in [0.1, 0.15) is 0 Å². The number of carbonyl (C=O) groups is 1. The van der Waals surface area contributed by atoms with Crippen LogP contribution in [0.15, 0.2) is 35.6 Å². The molecule has 0 amide bonds. The van der Waals surface area contributed by atoms with E-state index in [2.05, 4.69) is 22.0 Å². The Bertz CT molecular complexity index is 939. The quantitative estimate of drug-likeness (QED) is 0.666. The van der Waals surface area contributed by atoms with Crippen molar-refractivity contribution in [1.82, 2.24) is 19.6 Å². The van der Waals surface area contributed by atoms with Crippen molar-refractivity contribution in [2.24, 2.45) is 5.92 Å². The lowest BCUT2D eigenvalue weighted by atomic mass is 9.88. The lowest BCUT2D eigenvalue weighted by Crippen LogP contribution is -2.20. The molecule has 0 N–H and O–H groups in total. The van der Waals surface area contributed by atoms with Crippen LogP contribution in [-0.2, 0) is 12.2 Å². The number of hydrogen-bond donors (Lipinski definition) is 0. The third kappa shape index (κ3) is 2.91. The first-order chi connectivity index (χ1) is 11.6. The van der Waals surface area contributed by atoms with Crippen LogP contribution in [0, 0.1) is 5.92 Å². The molecule has 0 spiro atoms. The van der Waals surface area contributed by atoms with Gasteiger partial charge in [-0.25, -0.2) is 9.50 Å². The standard InChI is InChI=1S/C17H15ClN4OS/c1-10-6-14-12(15(23)7-10)8-22-16(19-14)20-17(21-22)24-9-11-4-2-3-5-13(11)18/h2-5,8,10H,6-7,9H2,1H3. The number of rotatable bonds is 3. The van der Waals surface area contributed by atoms with Gasteiger partial charge in [-0.1, -0.05) is 48.5 Å². The Morgan fingerprint density at radius 1 is 1.29 bits per heavy atom. The van der Waals surface area contributed by atoms with Gasteiger partial charge in [0.05, 0.1) is 11.3 Å². The van der Waals surface area contributed by atoms with Gasteiger partial charge in [-0.05, 0) is 24.0 Å². The second-order valence-electron chi connectivity index (χ2n) is 6.06. The molecule has 1 aliphatic carbocycles. The van der Waals surface area contributed by atoms with Gasteiger partial charge in [0.15, 0.2) is 5.78 Å². The van der Waals surface area contributed by atoms with Gasteiger partial charge in [-0.15, -0.1) is 5.10 Å². The molecule has 1 unspecified atom stereocenters. The average Bonchev–Trinajstić information content (AvgIpc) is 2.94. The molecule has 24 heavy (non-hydrogen) atoms. The molecule has 1 aromatic carbocycles. The second kappa shape index (κ2) is 6.18. The van der Waals surface area contributed by atoms with Crippen LogP contribution < -0.4 is 0 Å². The Balaban J connectivity index is 1.62. The predicted octanol–water partition coefficient (Wildman–Crippen LogP) is 3.84. The SMILES string of the molecule is CC1CC(=O)c2cn3nc(SCc4ccccc4Cl)nc3nc2C1. The molecule has 4 rings (SSSR count). The molecule has 0 saturated carbocycles. The average molecular weight is 359 g/mol. The number of fused-ring (bicyclic) bond motifs is 2. The third-order valence-electron chi connectivity index (χ3n) is 4.08. The topological polar surface area (TPSA) is 60.2 Å². The highest BCUT2D eigenvalue weighted by Gasteiger charge is 2.25. The van der Waals surface area contributed by atoms with Gasteiger partial charge in [0.25, 0.3) is 5.78 Å². The number of ketones is 1. The van der Waals surface area contributed by atoms with Gasteiger partial charge >= 0.3 is 0 Å². The Labute approximate surface area is 148 Å². The van der Waals surface area contributed by atoms with E-state index in [9.17, 15) is 4.79 Å². The fourth-order valence-electron chi connectivity index (χ4n) is 2.87. The number of halogens is 1. The molecule has 3 aromatic rings. The smallest absolute Gasteiger partial charge is 0.253 e. The van der Waals surface area contributed by atoms with Crippen molar-refractivity contribution in [3.05, 3.63) is 52.3 Å². The highest BCUT2D eigenvalue weighted by molar-refractivity contribution is 7.98. The number of benzene rings is 1. The maximum Gasteiger partial charge on any atom is 0.253 e. The number of thioether (sulfide) groups is 1. The van der Waals surface area contributed by atoms with Crippen LogP contribution in [0.25, 0.3) is 5.78 Å². The maximum atomic E-state index is 12.2. The van der Waals surface area contributed by atoms with E-state index in [4.69, 9.17) is 11.6 Å². The molecule has 1 atom stereocenters. The van der Waals surface area contributed by atoms with E-state index in [0.717, 1.165) is 22.7 Å². The number of nitrogens with zero attached hydrogens (tertiary/aromatic N) is 4. The summed E-state index contributed by atoms with van der Waals surface area (Å²) < 4.78 is 1.60. The minimum atomic E-state index is 0.138. The summed E-state index contributed by atoms with van der Waals surface area (Å²) >= 11 is 7.68. The zero-order valence-electron chi connectivity index (χ0n) is 13.1. The first-order valence-corrected chi connectivity index (χ1v) is 9.12. The first-order valence-electron chi connectivity index (χ1n) is 7.76. The second-order valence-corrected chi connectivity index (χ2v) is 7.41. The van der Waals surface area contributed by atoms with Crippen molar-refractivity contribution < 1.29 is 4.79 Å². The molecule has 1 aliphatic rings. The van der Waals surface area contributed by atoms with E-state index in [1.807, 2.05) is 24.3 Å². The van der Waals surface area contributed by atoms with E-state index >= 15 is 0 Å². The van der Waals surface area contributed by atoms with E-state index < -0.39 is 0 Å². The van der Waals surface area contributed by atoms with Crippen molar-refractivity contribution >= 4 is 34.9 Å². The fourth-order valence-corrected chi connectivity index (χ4v) is 3.98. The summed E-state index contributed by atoms with van der Waals surface area (Å²) in [5.41, 5.74) is 2.55. The van der Waals surface area contributed by atoms with Gasteiger partial charge < -0.3 is 0 Å². The molecule has 0 radical (unpaired) electrons. The number of aromatic nitrogens is 4. The van der Waals surface area contributed by atoms with Gasteiger partial charge in [-0.2, -0.15) is 4.98 Å². The molecule has 5 nitrogen and oxygen atoms in total. The van der Waals surface area contributed by atoms with Crippen molar-refractivity contribution in [2.45, 2.75) is 30.7 Å². The third-order valence-corrected chi connectivity index (χ3v) is 5.34. The van der Waals surface area contributed by atoms with Crippen LogP contribution >= 0.6 is 23.4 Å². The van der Waals surface area contributed by atoms with Gasteiger partial charge in [-0.3, -0.25) is 4.79 Å². The predicted molar refractivity (Wildman–Crippen MR) is 93.6 cm³/mol. The summed E-state index contributed by atoms with van der Waals surface area (Å²) in [7, 11) is 0. The summed E-state index contributed by atoms with van der Waals surface area (Å²) in [5.74, 6) is 1.69. The molecule has 122 valence electrons. The van der Waals surface area contributed by atoms with E-state index in [-0.39, 0.29) is 5.78 Å². The zero-order valence-corrected chi connectivity index (χ0v) is 14.6. The highest BCUT2D eigenvalue weighted by Crippen LogP contribution is 2.27. The molecular weight excluding hydrogens is 344 g/mol. The van der Waals surface area contributed by atoms with Gasteiger partial charge in [0.2, 0.25) is 5.16 Å². The van der Waals surface area contributed by atoms with Gasteiger partial charge in [0, 0.05) is 23.4 Å². The number of carbonyl (C=O) groups excluding carboxylic acids is 1. The monoisotopic (exact) mass is 358 g/mol. The van der Waals surface area contributed by atoms with Crippen LogP contribution in [0.5, 0.6) is 0 Å². The van der Waals surface area contributed by atoms with Crippen LogP contribution in [0.4, 0.5) is 0 Å². The van der Waals surface area contributed by atoms with Crippen LogP contribution in [-0.4, -0.2) is 25.4 Å². The summed E-state index contributed by atoms with van der Waals surface area (Å²) in [6.07, 6.45) is 3.15. The lowest BCUT2D eigenvalue weighted by molar-refractivity contribution is 0.0951. The molecule has 7 heteroatoms. The highest BCUT2D eigenvalue weighted by atomic mass is 35.5. The first kappa shape index (κ1) is 15.6. The lowest BCUT2D eigenvalue weighted by Gasteiger charge is -2.18. The van der Waals surface area contributed by atoms with Crippen molar-refractivity contribution in [2.75, 3.05) is 0 Å². The number of hydrogen-bond acceptors (Lipinski definition) is 5. The molecule has 0 bridgehead atoms. The normalized spacial score (nSPS) is 17.2. The molecule has 2 heterocycles. The Kier molecular flexibility index (Phi) is 4.02. The molecular formula is C17H15ClN4OS. The van der Waals surface area contributed by atoms with E-state index in [0.29, 0.717) is 34.6 Å². The molecule has 0 aliphatic heterocycles. The summed E-state index contributed by atoms with van der Waals surface area (Å²) in [6.45, 7) is 2.07. The maximum absolute atomic E-state index is 12.2. The van der Waals surface area contributed by atoms with Crippen LogP contribution in [0.3, 0.4) is 0 Å². The van der Waals surface area contributed by atoms with Crippen LogP contribution in [0.2, 0.25) is 5.02 Å². The molecule has 0 saturated heterocycles. The van der Waals surface area contributed by atoms with Crippen molar-refractivity contribution in [3.8, 4) is 0 Å². The minimum Gasteiger partial charge on any atom is -0.294 e. The van der Waals surface area contributed by atoms with Crippen molar-refractivity contribution in [1.29, 1.82) is 0 Å². The minimum absolute atomic E-state index is 0.138. The molecule has 2 aromatic heterocycles. The largest absolute Gasteiger partial charge is 0.294 e. The number of Topliss-reactive ketones (excluding diaryl/α,β-unsaturated/α-hetero) is 1. The summed E-state index contributed by atoms with van der Waals surface area (Å²) in [6, 6.07) is 7.73. The molecule has 0 fully saturated rings. The fraction of sp³-hybridized carbons (Fsp3) is 0.294. The van der Waals surface area contributed by atoms with Crippen molar-refractivity contribution in [3.63, 3.8) is 0 Å². The summed E-state index contributed by atoms with van der Waals surface area (Å²) in [4.78, 5) is 21.2. The Morgan fingerprint density at radius 2 is 2.12 bits per heavy atom. The summed E-state index contributed by atoms with van der Waals surface area (Å²) in [5, 5.41) is 5.80. The van der Waals surface area contributed by atoms with Crippen LogP contribution in [0.1, 0.15) is 35.0 Å².